The second kappa shape index (κ2) is 7.87. The van der Waals surface area contributed by atoms with Gasteiger partial charge in [0.15, 0.2) is 16.2 Å². The number of hydrogen-bond acceptors (Lipinski definition) is 4. The molecule has 0 amide bonds. The molecule has 0 aliphatic carbocycles. The lowest BCUT2D eigenvalue weighted by atomic mass is 9.83. The average Bonchev–Trinajstić information content (AvgIpc) is 2.61. The Balaban J connectivity index is 2.63. The molecule has 1 unspecified atom stereocenters. The average molecular weight is 494 g/mol. The minimum atomic E-state index is -5.11. The zero-order chi connectivity index (χ0) is 21.6. The van der Waals surface area contributed by atoms with Gasteiger partial charge in [0.1, 0.15) is 0 Å². The Morgan fingerprint density at radius 1 is 0.724 bits per heavy atom. The van der Waals surface area contributed by atoms with E-state index in [2.05, 4.69) is 0 Å². The fraction of sp³-hybridized carbons (Fsp3) is 0.0526. The first-order valence-corrected chi connectivity index (χ1v) is 10.8. The molecule has 0 aliphatic rings. The van der Waals surface area contributed by atoms with Gasteiger partial charge in [0.05, 0.1) is 5.02 Å². The maximum absolute atomic E-state index is 13.0. The van der Waals surface area contributed by atoms with E-state index in [1.807, 2.05) is 0 Å². The summed E-state index contributed by atoms with van der Waals surface area (Å²) in [5, 5.41) is 20.6. The minimum absolute atomic E-state index is 0.0323. The molecule has 3 rings (SSSR count). The van der Waals surface area contributed by atoms with Crippen LogP contribution < -0.4 is 0 Å². The third kappa shape index (κ3) is 3.65. The second-order valence-corrected chi connectivity index (χ2v) is 9.34. The van der Waals surface area contributed by atoms with Crippen molar-refractivity contribution in [2.45, 2.75) is 4.75 Å². The van der Waals surface area contributed by atoms with Crippen molar-refractivity contribution in [3.63, 3.8) is 0 Å². The number of benzene rings is 3. The zero-order valence-electron chi connectivity index (χ0n) is 14.3. The Morgan fingerprint density at radius 2 is 1.31 bits per heavy atom. The molecule has 0 bridgehead atoms. The highest BCUT2D eigenvalue weighted by Crippen LogP contribution is 2.52. The lowest BCUT2D eigenvalue weighted by Crippen LogP contribution is -2.38. The van der Waals surface area contributed by atoms with Gasteiger partial charge in [-0.3, -0.25) is 4.55 Å². The molecule has 29 heavy (non-hydrogen) atoms. The fourth-order valence-corrected chi connectivity index (χ4v) is 5.55. The summed E-state index contributed by atoms with van der Waals surface area (Å²) >= 11 is 24.3. The second-order valence-electron chi connectivity index (χ2n) is 6.09. The first-order valence-electron chi connectivity index (χ1n) is 7.89. The summed E-state index contributed by atoms with van der Waals surface area (Å²) in [5.74, 6) is -1.62. The lowest BCUT2D eigenvalue weighted by molar-refractivity contribution is 0.394. The molecule has 5 nitrogen and oxygen atoms in total. The van der Waals surface area contributed by atoms with E-state index in [-0.39, 0.29) is 31.2 Å². The highest BCUT2D eigenvalue weighted by molar-refractivity contribution is 7.87. The normalized spacial score (nSPS) is 13.8. The van der Waals surface area contributed by atoms with Crippen molar-refractivity contribution in [2.24, 2.45) is 0 Å². The molecular formula is C19H12Cl4O5S. The predicted molar refractivity (Wildman–Crippen MR) is 114 cm³/mol. The molecule has 1 atom stereocenters. The molecule has 152 valence electrons. The van der Waals surface area contributed by atoms with E-state index in [1.54, 1.807) is 6.07 Å². The van der Waals surface area contributed by atoms with Crippen molar-refractivity contribution in [1.29, 1.82) is 0 Å². The number of hydrogen-bond donors (Lipinski definition) is 3. The van der Waals surface area contributed by atoms with Crippen molar-refractivity contribution in [1.82, 2.24) is 0 Å². The van der Waals surface area contributed by atoms with Crippen LogP contribution >= 0.6 is 46.4 Å². The predicted octanol–water partition coefficient (Wildman–Crippen LogP) is 5.89. The molecule has 3 aromatic carbocycles. The smallest absolute Gasteiger partial charge is 0.283 e. The van der Waals surface area contributed by atoms with Gasteiger partial charge in [0.2, 0.25) is 0 Å². The molecule has 3 aromatic rings. The maximum Gasteiger partial charge on any atom is 0.283 e. The molecule has 0 fully saturated rings. The van der Waals surface area contributed by atoms with Crippen LogP contribution in [0.15, 0.2) is 54.6 Å². The van der Waals surface area contributed by atoms with E-state index in [0.717, 1.165) is 6.07 Å². The summed E-state index contributed by atoms with van der Waals surface area (Å²) in [6.07, 6.45) is 0. The van der Waals surface area contributed by atoms with Gasteiger partial charge in [-0.15, -0.1) is 0 Å². The van der Waals surface area contributed by atoms with Crippen LogP contribution in [0.4, 0.5) is 0 Å². The van der Waals surface area contributed by atoms with Crippen LogP contribution in [0.5, 0.6) is 11.5 Å². The third-order valence-electron chi connectivity index (χ3n) is 4.39. The van der Waals surface area contributed by atoms with Gasteiger partial charge in [-0.25, -0.2) is 0 Å². The van der Waals surface area contributed by atoms with E-state index < -0.39 is 31.9 Å². The van der Waals surface area contributed by atoms with Crippen LogP contribution in [-0.2, 0) is 14.9 Å². The van der Waals surface area contributed by atoms with Crippen molar-refractivity contribution < 1.29 is 23.2 Å². The number of aromatic hydroxyl groups is 2. The standard InChI is InChI=1S/C19H12Cl4O5S/c20-11-7-10(8-12(21)9-11)19(29(26,27)28,13-3-1-2-4-15(13)22)14-5-6-16(23)18(25)17(14)24/h1-9,24-25H,(H,26,27,28). The number of rotatable bonds is 4. The molecule has 10 heteroatoms. The quantitative estimate of drug-likeness (QED) is 0.239. The first kappa shape index (κ1) is 22.0. The van der Waals surface area contributed by atoms with Gasteiger partial charge in [-0.2, -0.15) is 8.42 Å². The molecule has 0 aromatic heterocycles. The summed E-state index contributed by atoms with van der Waals surface area (Å²) < 4.78 is 33.9. The SMILES string of the molecule is O=S(=O)(O)C(c1cc(Cl)cc(Cl)c1)(c1ccccc1Cl)c1ccc(Cl)c(O)c1O. The van der Waals surface area contributed by atoms with Crippen LogP contribution in [0, 0.1) is 0 Å². The van der Waals surface area contributed by atoms with Crippen LogP contribution in [0.2, 0.25) is 20.1 Å². The molecule has 0 saturated heterocycles. The largest absolute Gasteiger partial charge is 0.504 e. The molecule has 0 saturated carbocycles. The van der Waals surface area contributed by atoms with Crippen LogP contribution in [0.3, 0.4) is 0 Å². The molecule has 0 spiro atoms. The third-order valence-corrected chi connectivity index (χ3v) is 6.91. The molecule has 3 N–H and O–H groups in total. The van der Waals surface area contributed by atoms with E-state index in [1.165, 1.54) is 42.5 Å². The Morgan fingerprint density at radius 3 is 1.86 bits per heavy atom. The monoisotopic (exact) mass is 492 g/mol. The maximum atomic E-state index is 13.0. The number of phenols is 2. The lowest BCUT2D eigenvalue weighted by Gasteiger charge is -2.34. The Bertz CT molecular complexity index is 1190. The van der Waals surface area contributed by atoms with Gasteiger partial charge in [-0.1, -0.05) is 70.7 Å². The van der Waals surface area contributed by atoms with E-state index in [9.17, 15) is 23.2 Å². The van der Waals surface area contributed by atoms with Crippen molar-refractivity contribution in [3.8, 4) is 11.5 Å². The van der Waals surface area contributed by atoms with Gasteiger partial charge in [-0.05, 0) is 35.9 Å². The van der Waals surface area contributed by atoms with Crippen LogP contribution in [0.1, 0.15) is 16.7 Å². The molecule has 0 radical (unpaired) electrons. The highest BCUT2D eigenvalue weighted by Gasteiger charge is 2.52. The Hall–Kier alpha value is -1.67. The van der Waals surface area contributed by atoms with Gasteiger partial charge in [0, 0.05) is 26.2 Å². The van der Waals surface area contributed by atoms with Crippen LogP contribution in [-0.4, -0.2) is 23.2 Å². The summed E-state index contributed by atoms with van der Waals surface area (Å²) in [6, 6.07) is 12.0. The van der Waals surface area contributed by atoms with Crippen molar-refractivity contribution in [2.75, 3.05) is 0 Å². The van der Waals surface area contributed by atoms with E-state index in [4.69, 9.17) is 46.4 Å². The van der Waals surface area contributed by atoms with Gasteiger partial charge in [0.25, 0.3) is 10.1 Å². The minimum Gasteiger partial charge on any atom is -0.504 e. The van der Waals surface area contributed by atoms with Crippen molar-refractivity contribution in [3.05, 3.63) is 91.4 Å². The van der Waals surface area contributed by atoms with Gasteiger partial charge >= 0.3 is 0 Å². The van der Waals surface area contributed by atoms with E-state index >= 15 is 0 Å². The molecule has 0 heterocycles. The Kier molecular flexibility index (Phi) is 5.98. The summed E-state index contributed by atoms with van der Waals surface area (Å²) in [4.78, 5) is 0. The number of halogens is 4. The van der Waals surface area contributed by atoms with Gasteiger partial charge < -0.3 is 10.2 Å². The molecule has 0 aliphatic heterocycles. The summed E-state index contributed by atoms with van der Waals surface area (Å²) in [5.41, 5.74) is -0.601. The van der Waals surface area contributed by atoms with Crippen molar-refractivity contribution >= 4 is 56.5 Å². The topological polar surface area (TPSA) is 94.8 Å². The molecular weight excluding hydrogens is 482 g/mol. The Labute approximate surface area is 186 Å². The zero-order valence-corrected chi connectivity index (χ0v) is 18.1. The van der Waals surface area contributed by atoms with E-state index in [0.29, 0.717) is 0 Å². The fourth-order valence-electron chi connectivity index (χ4n) is 3.23. The summed E-state index contributed by atoms with van der Waals surface area (Å²) in [7, 11) is -5.11. The summed E-state index contributed by atoms with van der Waals surface area (Å²) in [6.45, 7) is 0. The van der Waals surface area contributed by atoms with Crippen LogP contribution in [0.25, 0.3) is 0 Å². The number of phenolic OH excluding ortho intramolecular Hbond substituents is 2. The highest BCUT2D eigenvalue weighted by atomic mass is 35.5. The first-order chi connectivity index (χ1) is 13.5.